The van der Waals surface area contributed by atoms with Crippen LogP contribution in [0, 0.1) is 0 Å². The Hall–Kier alpha value is -4.32. The van der Waals surface area contributed by atoms with E-state index >= 15 is 0 Å². The molecule has 6 heteroatoms. The number of H-pyrrole nitrogens is 1. The lowest BCUT2D eigenvalue weighted by atomic mass is 10.0. The van der Waals surface area contributed by atoms with Crippen molar-refractivity contribution >= 4 is 33.2 Å². The standard InChI is InChI=1S/C32H32N4O2/c1-2-28(37)10-4-3-5-11-29(36-32(38)26-14-15-27-20-33-17-16-24(27)19-26)31-34-21-30(35-31)25-13-12-22-8-6-7-9-23(22)18-25/h6-9,12-21,29H,2-5,10-11H2,1H3,(H,34,35)(H,36,38)/t29-/m0/s1. The maximum absolute atomic E-state index is 13.3. The summed E-state index contributed by atoms with van der Waals surface area (Å²) in [5.41, 5.74) is 2.56. The van der Waals surface area contributed by atoms with Gasteiger partial charge in [0.1, 0.15) is 11.6 Å². The van der Waals surface area contributed by atoms with Gasteiger partial charge in [0.05, 0.1) is 17.9 Å². The van der Waals surface area contributed by atoms with Gasteiger partial charge >= 0.3 is 0 Å². The van der Waals surface area contributed by atoms with Crippen molar-refractivity contribution in [3.8, 4) is 11.3 Å². The van der Waals surface area contributed by atoms with Gasteiger partial charge in [0.25, 0.3) is 5.91 Å². The van der Waals surface area contributed by atoms with Crippen LogP contribution in [-0.2, 0) is 4.79 Å². The Balaban J connectivity index is 1.35. The fourth-order valence-corrected chi connectivity index (χ4v) is 4.78. The molecular weight excluding hydrogens is 472 g/mol. The molecule has 0 aliphatic rings. The maximum atomic E-state index is 13.3. The lowest BCUT2D eigenvalue weighted by Gasteiger charge is -2.17. The number of aromatic amines is 1. The molecule has 2 heterocycles. The molecule has 0 fully saturated rings. The predicted molar refractivity (Wildman–Crippen MR) is 152 cm³/mol. The molecule has 2 aromatic heterocycles. The van der Waals surface area contributed by atoms with Crippen LogP contribution in [0.1, 0.15) is 67.7 Å². The number of amides is 1. The Morgan fingerprint density at radius 1 is 0.868 bits per heavy atom. The summed E-state index contributed by atoms with van der Waals surface area (Å²) in [6, 6.07) is 21.9. The van der Waals surface area contributed by atoms with Gasteiger partial charge in [0, 0.05) is 41.7 Å². The zero-order valence-corrected chi connectivity index (χ0v) is 21.6. The van der Waals surface area contributed by atoms with E-state index in [-0.39, 0.29) is 11.9 Å². The molecule has 1 amide bonds. The number of aromatic nitrogens is 3. The van der Waals surface area contributed by atoms with Gasteiger partial charge in [-0.3, -0.25) is 14.6 Å². The monoisotopic (exact) mass is 504 g/mol. The van der Waals surface area contributed by atoms with Crippen LogP contribution in [0.4, 0.5) is 0 Å². The first-order valence-electron chi connectivity index (χ1n) is 13.3. The Morgan fingerprint density at radius 2 is 1.68 bits per heavy atom. The third kappa shape index (κ3) is 5.97. The second-order valence-electron chi connectivity index (χ2n) is 9.70. The van der Waals surface area contributed by atoms with Crippen molar-refractivity contribution in [2.45, 2.75) is 51.5 Å². The van der Waals surface area contributed by atoms with Crippen molar-refractivity contribution in [3.05, 3.63) is 96.7 Å². The smallest absolute Gasteiger partial charge is 0.251 e. The molecule has 0 aliphatic heterocycles. The highest BCUT2D eigenvalue weighted by atomic mass is 16.1. The fraction of sp³-hybridized carbons (Fsp3) is 0.250. The van der Waals surface area contributed by atoms with Crippen LogP contribution < -0.4 is 5.32 Å². The molecule has 0 spiro atoms. The molecule has 0 radical (unpaired) electrons. The van der Waals surface area contributed by atoms with E-state index in [1.807, 2.05) is 49.5 Å². The van der Waals surface area contributed by atoms with Crippen LogP contribution in [0.5, 0.6) is 0 Å². The van der Waals surface area contributed by atoms with Gasteiger partial charge in [-0.25, -0.2) is 4.98 Å². The number of hydrogen-bond acceptors (Lipinski definition) is 4. The first kappa shape index (κ1) is 25.3. The van der Waals surface area contributed by atoms with E-state index in [0.717, 1.165) is 53.5 Å². The first-order valence-corrected chi connectivity index (χ1v) is 13.3. The number of nitrogens with zero attached hydrogens (tertiary/aromatic N) is 2. The number of nitrogens with one attached hydrogen (secondary N) is 2. The second kappa shape index (κ2) is 11.8. The minimum atomic E-state index is -0.272. The molecule has 0 saturated carbocycles. The third-order valence-electron chi connectivity index (χ3n) is 7.04. The van der Waals surface area contributed by atoms with Crippen LogP contribution in [0.15, 0.2) is 85.3 Å². The van der Waals surface area contributed by atoms with Gasteiger partial charge in [0.2, 0.25) is 0 Å². The summed E-state index contributed by atoms with van der Waals surface area (Å²) in [5.74, 6) is 0.891. The number of carbonyl (C=O) groups is 2. The number of pyridine rings is 1. The Morgan fingerprint density at radius 3 is 2.55 bits per heavy atom. The van der Waals surface area contributed by atoms with E-state index in [1.165, 1.54) is 10.8 Å². The van der Waals surface area contributed by atoms with Gasteiger partial charge in [-0.1, -0.05) is 62.2 Å². The highest BCUT2D eigenvalue weighted by molar-refractivity contribution is 5.98. The van der Waals surface area contributed by atoms with Gasteiger partial charge in [-0.2, -0.15) is 0 Å². The van der Waals surface area contributed by atoms with Crippen molar-refractivity contribution in [1.29, 1.82) is 0 Å². The van der Waals surface area contributed by atoms with Gasteiger partial charge < -0.3 is 10.3 Å². The summed E-state index contributed by atoms with van der Waals surface area (Å²) in [6.45, 7) is 1.90. The molecule has 0 saturated heterocycles. The number of carbonyl (C=O) groups excluding carboxylic acids is 2. The lowest BCUT2D eigenvalue weighted by Crippen LogP contribution is -2.29. The van der Waals surface area contributed by atoms with E-state index in [4.69, 9.17) is 0 Å². The Bertz CT molecular complexity index is 1570. The van der Waals surface area contributed by atoms with E-state index in [0.29, 0.717) is 24.2 Å². The summed E-state index contributed by atoms with van der Waals surface area (Å²) in [7, 11) is 0. The van der Waals surface area contributed by atoms with Crippen molar-refractivity contribution in [1.82, 2.24) is 20.3 Å². The molecule has 3 aromatic carbocycles. The average Bonchev–Trinajstić information content (AvgIpc) is 3.46. The molecule has 38 heavy (non-hydrogen) atoms. The molecule has 192 valence electrons. The largest absolute Gasteiger partial charge is 0.342 e. The molecule has 0 aliphatic carbocycles. The molecule has 6 nitrogen and oxygen atoms in total. The zero-order chi connectivity index (χ0) is 26.3. The summed E-state index contributed by atoms with van der Waals surface area (Å²) in [4.78, 5) is 37.3. The molecule has 1 atom stereocenters. The number of unbranched alkanes of at least 4 members (excludes halogenated alkanes) is 2. The quantitative estimate of drug-likeness (QED) is 0.187. The highest BCUT2D eigenvalue weighted by Crippen LogP contribution is 2.26. The van der Waals surface area contributed by atoms with Crippen molar-refractivity contribution in [2.75, 3.05) is 0 Å². The van der Waals surface area contributed by atoms with Crippen LogP contribution in [-0.4, -0.2) is 26.6 Å². The number of imidazole rings is 1. The van der Waals surface area contributed by atoms with E-state index in [1.54, 1.807) is 12.4 Å². The first-order chi connectivity index (χ1) is 18.6. The van der Waals surface area contributed by atoms with E-state index in [2.05, 4.69) is 50.6 Å². The van der Waals surface area contributed by atoms with Crippen LogP contribution in [0.3, 0.4) is 0 Å². The Labute approximate surface area is 222 Å². The zero-order valence-electron chi connectivity index (χ0n) is 21.6. The normalized spacial score (nSPS) is 12.0. The van der Waals surface area contributed by atoms with Gasteiger partial charge in [0.15, 0.2) is 0 Å². The van der Waals surface area contributed by atoms with E-state index in [9.17, 15) is 9.59 Å². The highest BCUT2D eigenvalue weighted by Gasteiger charge is 2.19. The summed E-state index contributed by atoms with van der Waals surface area (Å²) in [6.07, 6.45) is 9.98. The SMILES string of the molecule is CCC(=O)CCCCC[C@H](NC(=O)c1ccc2cnccc2c1)c1ncc(-c2ccc3ccccc3c2)[nH]1. The van der Waals surface area contributed by atoms with Crippen LogP contribution >= 0.6 is 0 Å². The minimum absolute atomic E-state index is 0.140. The topological polar surface area (TPSA) is 87.7 Å². The Kier molecular flexibility index (Phi) is 7.88. The van der Waals surface area contributed by atoms with Crippen molar-refractivity contribution in [2.24, 2.45) is 0 Å². The summed E-state index contributed by atoms with van der Waals surface area (Å²) in [5, 5.41) is 7.53. The minimum Gasteiger partial charge on any atom is -0.342 e. The molecular formula is C32H32N4O2. The number of hydrogen-bond donors (Lipinski definition) is 2. The summed E-state index contributed by atoms with van der Waals surface area (Å²) < 4.78 is 0. The number of benzene rings is 3. The third-order valence-corrected chi connectivity index (χ3v) is 7.04. The molecule has 5 aromatic rings. The molecule has 2 N–H and O–H groups in total. The average molecular weight is 505 g/mol. The number of rotatable bonds is 11. The van der Waals surface area contributed by atoms with Crippen LogP contribution in [0.25, 0.3) is 32.8 Å². The fourth-order valence-electron chi connectivity index (χ4n) is 4.78. The van der Waals surface area contributed by atoms with Crippen molar-refractivity contribution < 1.29 is 9.59 Å². The maximum Gasteiger partial charge on any atom is 0.251 e. The predicted octanol–water partition coefficient (Wildman–Crippen LogP) is 7.18. The van der Waals surface area contributed by atoms with Gasteiger partial charge in [-0.15, -0.1) is 0 Å². The second-order valence-corrected chi connectivity index (χ2v) is 9.70. The van der Waals surface area contributed by atoms with Crippen molar-refractivity contribution in [3.63, 3.8) is 0 Å². The number of Topliss-reactive ketones (excluding diaryl/α,β-unsaturated/α-hetero) is 1. The number of ketones is 1. The van der Waals surface area contributed by atoms with Crippen LogP contribution in [0.2, 0.25) is 0 Å². The van der Waals surface area contributed by atoms with E-state index < -0.39 is 0 Å². The molecule has 0 unspecified atom stereocenters. The summed E-state index contributed by atoms with van der Waals surface area (Å²) >= 11 is 0. The molecule has 0 bridgehead atoms. The molecule has 5 rings (SSSR count). The number of fused-ring (bicyclic) bond motifs is 2. The lowest BCUT2D eigenvalue weighted by molar-refractivity contribution is -0.118. The van der Waals surface area contributed by atoms with Gasteiger partial charge in [-0.05, 0) is 53.3 Å².